The molecule has 0 radical (unpaired) electrons. The van der Waals surface area contributed by atoms with Gasteiger partial charge in [0.25, 0.3) is 0 Å². The van der Waals surface area contributed by atoms with E-state index in [0.717, 1.165) is 68.8 Å². The zero-order valence-corrected chi connectivity index (χ0v) is 19.1. The largest absolute Gasteiger partial charge is 0.370 e. The Balaban J connectivity index is 1.27. The Morgan fingerprint density at radius 3 is 2.79 bits per heavy atom. The summed E-state index contributed by atoms with van der Waals surface area (Å²) in [6.07, 6.45) is 6.06. The predicted octanol–water partition coefficient (Wildman–Crippen LogP) is 3.80. The third-order valence-electron chi connectivity index (χ3n) is 6.90. The van der Waals surface area contributed by atoms with Gasteiger partial charge in [-0.3, -0.25) is 9.59 Å². The highest BCUT2D eigenvalue weighted by molar-refractivity contribution is 5.76. The molecule has 33 heavy (non-hydrogen) atoms. The third-order valence-corrected chi connectivity index (χ3v) is 6.90. The topological polar surface area (TPSA) is 88.3 Å². The molecule has 1 saturated heterocycles. The molecule has 4 rings (SSSR count). The number of aromatic nitrogens is 1. The second-order valence-corrected chi connectivity index (χ2v) is 9.32. The fourth-order valence-electron chi connectivity index (χ4n) is 5.06. The number of nitrogens with two attached hydrogens (primary N) is 1. The fourth-order valence-corrected chi connectivity index (χ4v) is 5.06. The second kappa shape index (κ2) is 10.8. The number of amides is 2. The second-order valence-electron chi connectivity index (χ2n) is 9.32. The molecule has 176 valence electrons. The van der Waals surface area contributed by atoms with Crippen LogP contribution in [0.25, 0.3) is 0 Å². The molecule has 2 amide bonds. The molecule has 1 fully saturated rings. The highest BCUT2D eigenvalue weighted by Crippen LogP contribution is 2.32. The lowest BCUT2D eigenvalue weighted by Gasteiger charge is -2.34. The molecule has 7 heteroatoms. The van der Waals surface area contributed by atoms with Gasteiger partial charge in [-0.15, -0.1) is 0 Å². The van der Waals surface area contributed by atoms with E-state index in [4.69, 9.17) is 5.73 Å². The van der Waals surface area contributed by atoms with Crippen LogP contribution in [0.15, 0.2) is 36.4 Å². The van der Waals surface area contributed by atoms with Crippen LogP contribution in [0.1, 0.15) is 61.3 Å². The van der Waals surface area contributed by atoms with Gasteiger partial charge in [0, 0.05) is 38.2 Å². The van der Waals surface area contributed by atoms with Gasteiger partial charge in [-0.05, 0) is 79.7 Å². The van der Waals surface area contributed by atoms with E-state index in [0.29, 0.717) is 18.8 Å². The molecular weight excluding hydrogens is 419 g/mol. The lowest BCUT2D eigenvalue weighted by Crippen LogP contribution is -2.39. The maximum atomic E-state index is 13.7. The van der Waals surface area contributed by atoms with Gasteiger partial charge in [0.1, 0.15) is 11.6 Å². The third kappa shape index (κ3) is 6.30. The number of rotatable bonds is 8. The average molecular weight is 453 g/mol. The van der Waals surface area contributed by atoms with Crippen LogP contribution in [-0.2, 0) is 22.4 Å². The lowest BCUT2D eigenvalue weighted by atomic mass is 9.82. The maximum absolute atomic E-state index is 13.7. The quantitative estimate of drug-likeness (QED) is 0.638. The summed E-state index contributed by atoms with van der Waals surface area (Å²) in [5.74, 6) is 0.759. The predicted molar refractivity (Wildman–Crippen MR) is 126 cm³/mol. The standard InChI is InChI=1S/C26H33FN4O2/c27-22-5-1-3-20(16-22)21(17-24(28)32)15-18-10-13-31(14-11-18)25(33)9-8-23-7-6-19-4-2-12-29-26(19)30-23/h1,3,5-7,16,18,21H,2,4,8-15,17H2,(H2,28,32)(H,29,30). The van der Waals surface area contributed by atoms with Crippen molar-refractivity contribution in [3.8, 4) is 0 Å². The Bertz CT molecular complexity index is 988. The van der Waals surface area contributed by atoms with Gasteiger partial charge < -0.3 is 16.0 Å². The highest BCUT2D eigenvalue weighted by atomic mass is 19.1. The number of nitrogens with zero attached hydrogens (tertiary/aromatic N) is 2. The van der Waals surface area contributed by atoms with Crippen LogP contribution < -0.4 is 11.1 Å². The van der Waals surface area contributed by atoms with Gasteiger partial charge in [-0.1, -0.05) is 18.2 Å². The number of aryl methyl sites for hydroxylation is 2. The summed E-state index contributed by atoms with van der Waals surface area (Å²) in [6, 6.07) is 10.6. The minimum absolute atomic E-state index is 0.0888. The number of anilines is 1. The summed E-state index contributed by atoms with van der Waals surface area (Å²) in [7, 11) is 0. The van der Waals surface area contributed by atoms with Gasteiger partial charge in [-0.25, -0.2) is 9.37 Å². The summed E-state index contributed by atoms with van der Waals surface area (Å²) in [4.78, 5) is 31.0. The number of carbonyl (C=O) groups is 2. The Labute approximate surface area is 194 Å². The van der Waals surface area contributed by atoms with E-state index < -0.39 is 0 Å². The molecule has 2 aliphatic heterocycles. The molecule has 1 unspecified atom stereocenters. The number of halogens is 1. The van der Waals surface area contributed by atoms with Crippen LogP contribution >= 0.6 is 0 Å². The number of nitrogens with one attached hydrogen (secondary N) is 1. The fraction of sp³-hybridized carbons (Fsp3) is 0.500. The molecule has 3 N–H and O–H groups in total. The van der Waals surface area contributed by atoms with E-state index in [2.05, 4.69) is 16.4 Å². The van der Waals surface area contributed by atoms with E-state index in [9.17, 15) is 14.0 Å². The Kier molecular flexibility index (Phi) is 7.57. The van der Waals surface area contributed by atoms with Crippen LogP contribution in [0.5, 0.6) is 0 Å². The maximum Gasteiger partial charge on any atom is 0.222 e. The van der Waals surface area contributed by atoms with Crippen molar-refractivity contribution in [1.29, 1.82) is 0 Å². The number of pyridine rings is 1. The van der Waals surface area contributed by atoms with E-state index in [1.54, 1.807) is 6.07 Å². The molecule has 1 aromatic heterocycles. The molecule has 1 aromatic carbocycles. The van der Waals surface area contributed by atoms with Gasteiger partial charge in [0.05, 0.1) is 0 Å². The normalized spacial score (nSPS) is 17.2. The number of benzene rings is 1. The molecule has 0 saturated carbocycles. The zero-order chi connectivity index (χ0) is 23.2. The minimum atomic E-state index is -0.372. The Morgan fingerprint density at radius 1 is 1.21 bits per heavy atom. The molecule has 0 spiro atoms. The summed E-state index contributed by atoms with van der Waals surface area (Å²) in [5.41, 5.74) is 8.49. The van der Waals surface area contributed by atoms with Crippen molar-refractivity contribution in [2.24, 2.45) is 11.7 Å². The van der Waals surface area contributed by atoms with Crippen molar-refractivity contribution in [1.82, 2.24) is 9.88 Å². The smallest absolute Gasteiger partial charge is 0.222 e. The first-order valence-electron chi connectivity index (χ1n) is 12.0. The summed E-state index contributed by atoms with van der Waals surface area (Å²) < 4.78 is 13.7. The van der Waals surface area contributed by atoms with Crippen molar-refractivity contribution >= 4 is 17.6 Å². The molecular formula is C26H33FN4O2. The van der Waals surface area contributed by atoms with Crippen LogP contribution in [0, 0.1) is 11.7 Å². The number of hydrogen-bond acceptors (Lipinski definition) is 4. The molecule has 6 nitrogen and oxygen atoms in total. The van der Waals surface area contributed by atoms with Crippen molar-refractivity contribution in [2.45, 2.75) is 57.3 Å². The molecule has 1 atom stereocenters. The van der Waals surface area contributed by atoms with E-state index >= 15 is 0 Å². The van der Waals surface area contributed by atoms with Gasteiger partial charge in [0.15, 0.2) is 0 Å². The molecule has 2 aliphatic rings. The minimum Gasteiger partial charge on any atom is -0.370 e. The molecule has 0 bridgehead atoms. The monoisotopic (exact) mass is 452 g/mol. The van der Waals surface area contributed by atoms with Gasteiger partial charge in [-0.2, -0.15) is 0 Å². The van der Waals surface area contributed by atoms with Crippen molar-refractivity contribution in [2.75, 3.05) is 25.0 Å². The highest BCUT2D eigenvalue weighted by Gasteiger charge is 2.26. The SMILES string of the molecule is NC(=O)CC(CC1CCN(C(=O)CCc2ccc3c(n2)NCCC3)CC1)c1cccc(F)c1. The summed E-state index contributed by atoms with van der Waals surface area (Å²) in [6.45, 7) is 2.39. The van der Waals surface area contributed by atoms with Crippen LogP contribution in [0.3, 0.4) is 0 Å². The first-order valence-corrected chi connectivity index (χ1v) is 12.0. The first kappa shape index (κ1) is 23.2. The van der Waals surface area contributed by atoms with Crippen molar-refractivity contribution in [3.63, 3.8) is 0 Å². The van der Waals surface area contributed by atoms with Crippen LogP contribution in [-0.4, -0.2) is 41.3 Å². The number of likely N-dealkylation sites (tertiary alicyclic amines) is 1. The van der Waals surface area contributed by atoms with Gasteiger partial charge in [0.2, 0.25) is 11.8 Å². The van der Waals surface area contributed by atoms with Crippen LogP contribution in [0.2, 0.25) is 0 Å². The number of fused-ring (bicyclic) bond motifs is 1. The average Bonchev–Trinajstić information content (AvgIpc) is 2.82. The van der Waals surface area contributed by atoms with Crippen LogP contribution in [0.4, 0.5) is 10.2 Å². The van der Waals surface area contributed by atoms with Crippen molar-refractivity contribution in [3.05, 3.63) is 59.0 Å². The number of hydrogen-bond donors (Lipinski definition) is 2. The molecule has 3 heterocycles. The number of piperidine rings is 1. The Hall–Kier alpha value is -2.96. The summed E-state index contributed by atoms with van der Waals surface area (Å²) >= 11 is 0. The van der Waals surface area contributed by atoms with Crippen molar-refractivity contribution < 1.29 is 14.0 Å². The number of carbonyl (C=O) groups excluding carboxylic acids is 2. The lowest BCUT2D eigenvalue weighted by molar-refractivity contribution is -0.132. The molecule has 0 aliphatic carbocycles. The van der Waals surface area contributed by atoms with E-state index in [1.807, 2.05) is 17.0 Å². The molecule has 2 aromatic rings. The first-order chi connectivity index (χ1) is 16.0. The van der Waals surface area contributed by atoms with E-state index in [-0.39, 0.29) is 30.0 Å². The summed E-state index contributed by atoms with van der Waals surface area (Å²) in [5, 5.41) is 3.34. The van der Waals surface area contributed by atoms with E-state index in [1.165, 1.54) is 17.7 Å². The number of primary amides is 1. The van der Waals surface area contributed by atoms with Gasteiger partial charge >= 0.3 is 0 Å². The Morgan fingerprint density at radius 2 is 2.03 bits per heavy atom. The zero-order valence-electron chi connectivity index (χ0n) is 19.1.